The SMILES string of the molecule is CCCCCCCC[P+](=O)C(=O)Nc1ccc([N+](=O)[O-])cc1. The van der Waals surface area contributed by atoms with Crippen LogP contribution in [0.1, 0.15) is 45.4 Å². The molecule has 0 aromatic heterocycles. The first-order valence-corrected chi connectivity index (χ1v) is 8.99. The van der Waals surface area contributed by atoms with Crippen molar-refractivity contribution in [2.45, 2.75) is 45.4 Å². The minimum Gasteiger partial charge on any atom is -0.283 e. The third-order valence-electron chi connectivity index (χ3n) is 3.27. The van der Waals surface area contributed by atoms with Gasteiger partial charge >= 0.3 is 13.4 Å². The molecular formula is C15H22N2O4P+. The van der Waals surface area contributed by atoms with Crippen LogP contribution in [0.3, 0.4) is 0 Å². The Balaban J connectivity index is 2.31. The Kier molecular flexibility index (Phi) is 8.30. The number of hydrogen-bond donors (Lipinski definition) is 1. The van der Waals surface area contributed by atoms with Gasteiger partial charge in [0, 0.05) is 17.8 Å². The van der Waals surface area contributed by atoms with Crippen LogP contribution in [0.2, 0.25) is 0 Å². The Hall–Kier alpha value is -1.81. The van der Waals surface area contributed by atoms with E-state index >= 15 is 0 Å². The summed E-state index contributed by atoms with van der Waals surface area (Å²) in [7, 11) is -1.94. The zero-order valence-corrected chi connectivity index (χ0v) is 13.7. The number of amides is 1. The van der Waals surface area contributed by atoms with Gasteiger partial charge in [0.25, 0.3) is 5.69 Å². The van der Waals surface area contributed by atoms with Crippen LogP contribution in [-0.4, -0.2) is 16.7 Å². The van der Waals surface area contributed by atoms with E-state index in [0.717, 1.165) is 19.3 Å². The quantitative estimate of drug-likeness (QED) is 0.273. The number of non-ortho nitro benzene ring substituents is 1. The van der Waals surface area contributed by atoms with Gasteiger partial charge in [-0.25, -0.2) is 4.79 Å². The highest BCUT2D eigenvalue weighted by molar-refractivity contribution is 7.64. The molecule has 0 bridgehead atoms. The highest BCUT2D eigenvalue weighted by Crippen LogP contribution is 2.27. The van der Waals surface area contributed by atoms with E-state index in [1.165, 1.54) is 43.5 Å². The fraction of sp³-hybridized carbons (Fsp3) is 0.533. The van der Waals surface area contributed by atoms with Crippen LogP contribution in [0.25, 0.3) is 0 Å². The normalized spacial score (nSPS) is 11.0. The van der Waals surface area contributed by atoms with E-state index in [4.69, 9.17) is 0 Å². The molecule has 1 amide bonds. The molecule has 1 aromatic carbocycles. The fourth-order valence-electron chi connectivity index (χ4n) is 1.99. The van der Waals surface area contributed by atoms with Gasteiger partial charge in [0.1, 0.15) is 0 Å². The van der Waals surface area contributed by atoms with Gasteiger partial charge in [0.2, 0.25) is 0 Å². The molecule has 7 heteroatoms. The number of nitro benzene ring substituents is 1. The van der Waals surface area contributed by atoms with Crippen LogP contribution in [0, 0.1) is 10.1 Å². The summed E-state index contributed by atoms with van der Waals surface area (Å²) in [5.74, 6) is 0. The lowest BCUT2D eigenvalue weighted by Gasteiger charge is -1.99. The number of unbranched alkanes of at least 4 members (excludes halogenated alkanes) is 5. The lowest BCUT2D eigenvalue weighted by atomic mass is 10.1. The molecule has 1 atom stereocenters. The molecule has 0 aliphatic rings. The van der Waals surface area contributed by atoms with Gasteiger partial charge in [0.05, 0.1) is 4.92 Å². The maximum absolute atomic E-state index is 11.8. The van der Waals surface area contributed by atoms with Gasteiger partial charge in [0.15, 0.2) is 6.16 Å². The topological polar surface area (TPSA) is 89.3 Å². The van der Waals surface area contributed by atoms with E-state index < -0.39 is 18.4 Å². The van der Waals surface area contributed by atoms with E-state index in [1.807, 2.05) is 0 Å². The Bertz CT molecular complexity index is 517. The number of rotatable bonds is 10. The molecule has 0 heterocycles. The summed E-state index contributed by atoms with van der Waals surface area (Å²) in [4.78, 5) is 21.8. The van der Waals surface area contributed by atoms with Gasteiger partial charge in [-0.3, -0.25) is 15.4 Å². The average molecular weight is 325 g/mol. The lowest BCUT2D eigenvalue weighted by molar-refractivity contribution is -0.384. The highest BCUT2D eigenvalue weighted by atomic mass is 31.1. The first-order valence-electron chi connectivity index (χ1n) is 7.54. The number of anilines is 1. The number of nitrogens with one attached hydrogen (secondary N) is 1. The molecule has 0 radical (unpaired) electrons. The monoisotopic (exact) mass is 325 g/mol. The predicted octanol–water partition coefficient (Wildman–Crippen LogP) is 5.31. The van der Waals surface area contributed by atoms with Crippen LogP contribution in [-0.2, 0) is 4.57 Å². The summed E-state index contributed by atoms with van der Waals surface area (Å²) >= 11 is 0. The molecule has 0 aliphatic carbocycles. The van der Waals surface area contributed by atoms with Crippen molar-refractivity contribution in [3.63, 3.8) is 0 Å². The van der Waals surface area contributed by atoms with Crippen molar-refractivity contribution in [3.8, 4) is 0 Å². The number of nitro groups is 1. The van der Waals surface area contributed by atoms with Gasteiger partial charge in [-0.05, 0) is 25.0 Å². The zero-order valence-electron chi connectivity index (χ0n) is 12.8. The van der Waals surface area contributed by atoms with Crippen LogP contribution < -0.4 is 5.32 Å². The van der Waals surface area contributed by atoms with Crippen molar-refractivity contribution in [3.05, 3.63) is 34.4 Å². The van der Waals surface area contributed by atoms with E-state index in [0.29, 0.717) is 11.8 Å². The first-order chi connectivity index (χ1) is 10.5. The molecule has 1 unspecified atom stereocenters. The standard InChI is InChI=1S/C15H21N2O4P/c1-2-3-4-5-6-7-12-22(21)15(18)16-13-8-10-14(11-9-13)17(19)20/h8-11H,2-7,12H2,1H3/p+1. The Morgan fingerprint density at radius 2 is 1.73 bits per heavy atom. The Labute approximate surface area is 131 Å². The molecule has 0 saturated heterocycles. The van der Waals surface area contributed by atoms with Crippen molar-refractivity contribution < 1.29 is 14.3 Å². The molecule has 0 saturated carbocycles. The summed E-state index contributed by atoms with van der Waals surface area (Å²) in [6.45, 7) is 2.15. The lowest BCUT2D eigenvalue weighted by Crippen LogP contribution is -2.06. The molecule has 1 rings (SSSR count). The summed E-state index contributed by atoms with van der Waals surface area (Å²) in [5.41, 5.74) is -0.145. The summed E-state index contributed by atoms with van der Waals surface area (Å²) < 4.78 is 11.8. The minimum atomic E-state index is -1.94. The number of hydrogen-bond acceptors (Lipinski definition) is 4. The second-order valence-corrected chi connectivity index (χ2v) is 6.71. The summed E-state index contributed by atoms with van der Waals surface area (Å²) in [5, 5.41) is 13.1. The van der Waals surface area contributed by atoms with E-state index in [1.54, 1.807) is 0 Å². The average Bonchev–Trinajstić information content (AvgIpc) is 2.51. The smallest absolute Gasteiger partial charge is 0.283 e. The maximum atomic E-state index is 11.8. The third kappa shape index (κ3) is 6.76. The minimum absolute atomic E-state index is 0.0468. The van der Waals surface area contributed by atoms with Crippen LogP contribution in [0.5, 0.6) is 0 Å². The van der Waals surface area contributed by atoms with Gasteiger partial charge in [-0.15, -0.1) is 0 Å². The van der Waals surface area contributed by atoms with E-state index in [2.05, 4.69) is 12.2 Å². The van der Waals surface area contributed by atoms with Crippen molar-refractivity contribution in [2.75, 3.05) is 11.5 Å². The molecule has 120 valence electrons. The molecule has 0 fully saturated rings. The molecular weight excluding hydrogens is 303 g/mol. The number of carbonyl (C=O) groups is 1. The number of carbonyl (C=O) groups excluding carboxylic acids is 1. The van der Waals surface area contributed by atoms with Crippen LogP contribution in [0.4, 0.5) is 16.2 Å². The predicted molar refractivity (Wildman–Crippen MR) is 88.0 cm³/mol. The Morgan fingerprint density at radius 1 is 1.14 bits per heavy atom. The van der Waals surface area contributed by atoms with Gasteiger partial charge < -0.3 is 0 Å². The molecule has 0 spiro atoms. The maximum Gasteiger partial charge on any atom is 0.464 e. The van der Waals surface area contributed by atoms with Crippen molar-refractivity contribution in [1.82, 2.24) is 0 Å². The second-order valence-electron chi connectivity index (χ2n) is 5.10. The number of benzene rings is 1. The third-order valence-corrected chi connectivity index (χ3v) is 4.56. The van der Waals surface area contributed by atoms with Crippen LogP contribution >= 0.6 is 7.80 Å². The van der Waals surface area contributed by atoms with E-state index in [9.17, 15) is 19.5 Å². The first kappa shape index (κ1) is 18.2. The molecule has 6 nitrogen and oxygen atoms in total. The molecule has 0 aliphatic heterocycles. The molecule has 22 heavy (non-hydrogen) atoms. The van der Waals surface area contributed by atoms with Crippen LogP contribution in [0.15, 0.2) is 24.3 Å². The van der Waals surface area contributed by atoms with Crippen molar-refractivity contribution in [1.29, 1.82) is 0 Å². The Morgan fingerprint density at radius 3 is 2.32 bits per heavy atom. The highest BCUT2D eigenvalue weighted by Gasteiger charge is 2.27. The number of nitrogens with zero attached hydrogens (tertiary/aromatic N) is 1. The van der Waals surface area contributed by atoms with Gasteiger partial charge in [-0.1, -0.05) is 37.2 Å². The van der Waals surface area contributed by atoms with Crippen molar-refractivity contribution >= 4 is 24.8 Å². The zero-order chi connectivity index (χ0) is 16.4. The largest absolute Gasteiger partial charge is 0.464 e. The van der Waals surface area contributed by atoms with Gasteiger partial charge in [-0.2, -0.15) is 0 Å². The van der Waals surface area contributed by atoms with E-state index in [-0.39, 0.29) is 5.69 Å². The second kappa shape index (κ2) is 10.0. The summed E-state index contributed by atoms with van der Waals surface area (Å²) in [6.07, 6.45) is 6.86. The summed E-state index contributed by atoms with van der Waals surface area (Å²) in [6, 6.07) is 5.47. The van der Waals surface area contributed by atoms with Crippen molar-refractivity contribution in [2.24, 2.45) is 0 Å². The molecule has 1 aromatic rings. The fourth-order valence-corrected chi connectivity index (χ4v) is 2.96. The molecule has 1 N–H and O–H groups in total.